The summed E-state index contributed by atoms with van der Waals surface area (Å²) in [6, 6.07) is 15.0. The number of benzene rings is 2. The van der Waals surface area contributed by atoms with Crippen LogP contribution in [0.3, 0.4) is 0 Å². The number of halogens is 1. The van der Waals surface area contributed by atoms with Gasteiger partial charge in [-0.1, -0.05) is 34.1 Å². The molecule has 2 rings (SSSR count). The van der Waals surface area contributed by atoms with Crippen LogP contribution in [0.5, 0.6) is 11.5 Å². The third-order valence-corrected chi connectivity index (χ3v) is 3.41. The highest BCUT2D eigenvalue weighted by atomic mass is 79.9. The molecule has 0 unspecified atom stereocenters. The fourth-order valence-electron chi connectivity index (χ4n) is 1.82. The van der Waals surface area contributed by atoms with Crippen LogP contribution in [0, 0.1) is 0 Å². The Bertz CT molecular complexity index is 610. The molecule has 0 aromatic heterocycles. The molecular weight excluding hydrogens is 348 g/mol. The molecule has 0 fully saturated rings. The van der Waals surface area contributed by atoms with E-state index >= 15 is 0 Å². The van der Waals surface area contributed by atoms with Crippen molar-refractivity contribution in [2.75, 3.05) is 20.3 Å². The fourth-order valence-corrected chi connectivity index (χ4v) is 2.20. The maximum absolute atomic E-state index is 11.2. The maximum atomic E-state index is 11.2. The third kappa shape index (κ3) is 5.41. The zero-order chi connectivity index (χ0) is 15.8. The number of carbonyl (C=O) groups excluding carboxylic acids is 1. The number of carbonyl (C=O) groups is 1. The monoisotopic (exact) mass is 364 g/mol. The van der Waals surface area contributed by atoms with E-state index in [0.29, 0.717) is 13.2 Å². The van der Waals surface area contributed by atoms with E-state index in [9.17, 15) is 4.79 Å². The summed E-state index contributed by atoms with van der Waals surface area (Å²) in [7, 11) is 1.38. The zero-order valence-electron chi connectivity index (χ0n) is 12.3. The van der Waals surface area contributed by atoms with E-state index in [4.69, 9.17) is 9.47 Å². The molecule has 0 aliphatic carbocycles. The normalized spacial score (nSPS) is 10.1. The molecule has 0 bridgehead atoms. The fraction of sp³-hybridized carbons (Fsp3) is 0.235. The number of esters is 1. The number of hydrogen-bond acceptors (Lipinski definition) is 4. The highest BCUT2D eigenvalue weighted by molar-refractivity contribution is 9.10. The van der Waals surface area contributed by atoms with E-state index in [1.54, 1.807) is 0 Å². The molecule has 2 aromatic rings. The van der Waals surface area contributed by atoms with Crippen LogP contribution in [0.2, 0.25) is 0 Å². The Hall–Kier alpha value is -2.01. The van der Waals surface area contributed by atoms with Crippen molar-refractivity contribution >= 4 is 21.9 Å². The molecule has 4 nitrogen and oxygen atoms in total. The molecule has 0 aliphatic heterocycles. The second-order valence-electron chi connectivity index (χ2n) is 4.55. The van der Waals surface area contributed by atoms with Crippen LogP contribution in [0.15, 0.2) is 53.0 Å². The molecule has 2 aromatic carbocycles. The Labute approximate surface area is 138 Å². The summed E-state index contributed by atoms with van der Waals surface area (Å²) < 4.78 is 16.8. The van der Waals surface area contributed by atoms with Crippen LogP contribution in [0.25, 0.3) is 0 Å². The van der Waals surface area contributed by atoms with Gasteiger partial charge in [0.1, 0.15) is 24.7 Å². The number of hydrogen-bond donors (Lipinski definition) is 0. The molecule has 0 N–H and O–H groups in total. The highest BCUT2D eigenvalue weighted by Gasteiger charge is 2.03. The first kappa shape index (κ1) is 16.4. The average Bonchev–Trinajstić information content (AvgIpc) is 2.53. The third-order valence-electron chi connectivity index (χ3n) is 2.92. The second kappa shape index (κ2) is 8.44. The van der Waals surface area contributed by atoms with Crippen LogP contribution in [0.4, 0.5) is 0 Å². The first-order valence-corrected chi connectivity index (χ1v) is 7.63. The van der Waals surface area contributed by atoms with Crippen molar-refractivity contribution in [2.24, 2.45) is 0 Å². The van der Waals surface area contributed by atoms with Gasteiger partial charge in [0.25, 0.3) is 0 Å². The minimum absolute atomic E-state index is 0.254. The quantitative estimate of drug-likeness (QED) is 0.555. The summed E-state index contributed by atoms with van der Waals surface area (Å²) in [6.07, 6.45) is 0.267. The largest absolute Gasteiger partial charge is 0.490 e. The number of rotatable bonds is 7. The Balaban J connectivity index is 1.74. The molecule has 0 amide bonds. The van der Waals surface area contributed by atoms with E-state index in [-0.39, 0.29) is 12.4 Å². The minimum Gasteiger partial charge on any atom is -0.490 e. The van der Waals surface area contributed by atoms with Crippen molar-refractivity contribution < 1.29 is 19.0 Å². The van der Waals surface area contributed by atoms with Gasteiger partial charge in [0.05, 0.1) is 13.5 Å². The molecule has 0 heterocycles. The van der Waals surface area contributed by atoms with E-state index in [1.165, 1.54) is 7.11 Å². The molecule has 0 spiro atoms. The van der Waals surface area contributed by atoms with Gasteiger partial charge in [0.2, 0.25) is 0 Å². The average molecular weight is 365 g/mol. The predicted molar refractivity (Wildman–Crippen MR) is 87.3 cm³/mol. The standard InChI is InChI=1S/C17H17BrO4/c1-20-17(19)11-13-5-7-15(8-6-13)21-9-10-22-16-4-2-3-14(18)12-16/h2-8,12H,9-11H2,1H3. The summed E-state index contributed by atoms with van der Waals surface area (Å²) in [4.78, 5) is 11.2. The first-order valence-electron chi connectivity index (χ1n) is 6.84. The van der Waals surface area contributed by atoms with Crippen LogP contribution < -0.4 is 9.47 Å². The van der Waals surface area contributed by atoms with Gasteiger partial charge in [-0.25, -0.2) is 0 Å². The van der Waals surface area contributed by atoms with Gasteiger partial charge in [-0.05, 0) is 35.9 Å². The Morgan fingerprint density at radius 3 is 2.32 bits per heavy atom. The lowest BCUT2D eigenvalue weighted by Gasteiger charge is -2.09. The van der Waals surface area contributed by atoms with Crippen LogP contribution in [-0.4, -0.2) is 26.3 Å². The lowest BCUT2D eigenvalue weighted by atomic mass is 10.1. The van der Waals surface area contributed by atoms with Crippen LogP contribution in [0.1, 0.15) is 5.56 Å². The molecule has 22 heavy (non-hydrogen) atoms. The van der Waals surface area contributed by atoms with Crippen molar-refractivity contribution in [1.82, 2.24) is 0 Å². The number of methoxy groups -OCH3 is 1. The Morgan fingerprint density at radius 2 is 1.68 bits per heavy atom. The van der Waals surface area contributed by atoms with Crippen molar-refractivity contribution in [3.63, 3.8) is 0 Å². The Kier molecular flexibility index (Phi) is 6.27. The number of ether oxygens (including phenoxy) is 3. The minimum atomic E-state index is -0.254. The maximum Gasteiger partial charge on any atom is 0.309 e. The van der Waals surface area contributed by atoms with Crippen LogP contribution >= 0.6 is 15.9 Å². The van der Waals surface area contributed by atoms with Gasteiger partial charge in [-0.2, -0.15) is 0 Å². The van der Waals surface area contributed by atoms with Crippen molar-refractivity contribution in [3.05, 3.63) is 58.6 Å². The molecule has 0 aliphatic rings. The summed E-state index contributed by atoms with van der Waals surface area (Å²) >= 11 is 3.39. The predicted octanol–water partition coefficient (Wildman–Crippen LogP) is 3.62. The van der Waals surface area contributed by atoms with Crippen molar-refractivity contribution in [1.29, 1.82) is 0 Å². The lowest BCUT2D eigenvalue weighted by Crippen LogP contribution is -2.09. The zero-order valence-corrected chi connectivity index (χ0v) is 13.8. The van der Waals surface area contributed by atoms with E-state index in [1.807, 2.05) is 48.5 Å². The molecule has 0 saturated carbocycles. The first-order chi connectivity index (χ1) is 10.7. The summed E-state index contributed by atoms with van der Waals surface area (Å²) in [5.74, 6) is 1.29. The molecule has 5 heteroatoms. The smallest absolute Gasteiger partial charge is 0.309 e. The van der Waals surface area contributed by atoms with Gasteiger partial charge in [-0.3, -0.25) is 4.79 Å². The van der Waals surface area contributed by atoms with Gasteiger partial charge >= 0.3 is 5.97 Å². The molecule has 0 atom stereocenters. The van der Waals surface area contributed by atoms with E-state index < -0.39 is 0 Å². The molecule has 116 valence electrons. The van der Waals surface area contributed by atoms with E-state index in [0.717, 1.165) is 21.5 Å². The van der Waals surface area contributed by atoms with Crippen LogP contribution in [-0.2, 0) is 16.0 Å². The molecular formula is C17H17BrO4. The second-order valence-corrected chi connectivity index (χ2v) is 5.47. The Morgan fingerprint density at radius 1 is 1.00 bits per heavy atom. The van der Waals surface area contributed by atoms with E-state index in [2.05, 4.69) is 20.7 Å². The van der Waals surface area contributed by atoms with Crippen molar-refractivity contribution in [2.45, 2.75) is 6.42 Å². The highest BCUT2D eigenvalue weighted by Crippen LogP contribution is 2.18. The topological polar surface area (TPSA) is 44.8 Å². The van der Waals surface area contributed by atoms with Crippen molar-refractivity contribution in [3.8, 4) is 11.5 Å². The van der Waals surface area contributed by atoms with Gasteiger partial charge in [0, 0.05) is 4.47 Å². The lowest BCUT2D eigenvalue weighted by molar-refractivity contribution is -0.139. The van der Waals surface area contributed by atoms with Gasteiger partial charge < -0.3 is 14.2 Å². The summed E-state index contributed by atoms with van der Waals surface area (Å²) in [6.45, 7) is 0.906. The summed E-state index contributed by atoms with van der Waals surface area (Å²) in [5.41, 5.74) is 0.893. The molecule has 0 saturated heterocycles. The SMILES string of the molecule is COC(=O)Cc1ccc(OCCOc2cccc(Br)c2)cc1. The van der Waals surface area contributed by atoms with Gasteiger partial charge in [0.15, 0.2) is 0 Å². The summed E-state index contributed by atoms with van der Waals surface area (Å²) in [5, 5.41) is 0. The molecule has 0 radical (unpaired) electrons. The van der Waals surface area contributed by atoms with Gasteiger partial charge in [-0.15, -0.1) is 0 Å².